The van der Waals surface area contributed by atoms with Crippen LogP contribution in [-0.4, -0.2) is 19.1 Å². The minimum atomic E-state index is -0.624. The average molecular weight is 418 g/mol. The first-order valence-electron chi connectivity index (χ1n) is 9.97. The zero-order chi connectivity index (χ0) is 21.9. The smallest absolute Gasteiger partial charge is 0.261 e. The van der Waals surface area contributed by atoms with Crippen LogP contribution in [0.4, 0.5) is 0 Å². The van der Waals surface area contributed by atoms with E-state index in [0.29, 0.717) is 11.7 Å². The molecule has 0 aliphatic heterocycles. The lowest BCUT2D eigenvalue weighted by Crippen LogP contribution is -2.38. The first kappa shape index (κ1) is 23.1. The van der Waals surface area contributed by atoms with Crippen LogP contribution < -0.4 is 14.8 Å². The molecule has 0 heterocycles. The Balaban J connectivity index is 2.15. The summed E-state index contributed by atoms with van der Waals surface area (Å²) < 4.78 is 11.4. The highest BCUT2D eigenvalue weighted by Crippen LogP contribution is 2.32. The number of amides is 1. The molecule has 0 spiro atoms. The van der Waals surface area contributed by atoms with Gasteiger partial charge in [-0.2, -0.15) is 0 Å². The van der Waals surface area contributed by atoms with E-state index >= 15 is 0 Å². The summed E-state index contributed by atoms with van der Waals surface area (Å²) >= 11 is 6.21. The predicted molar refractivity (Wildman–Crippen MR) is 119 cm³/mol. The third-order valence-corrected chi connectivity index (χ3v) is 5.75. The number of nitrogens with one attached hydrogen (secondary N) is 1. The Morgan fingerprint density at radius 3 is 2.03 bits per heavy atom. The quantitative estimate of drug-likeness (QED) is 0.597. The lowest BCUT2D eigenvalue weighted by Gasteiger charge is -2.23. The summed E-state index contributed by atoms with van der Waals surface area (Å²) in [5, 5.41) is 3.79. The maximum absolute atomic E-state index is 12.7. The van der Waals surface area contributed by atoms with Crippen LogP contribution >= 0.6 is 11.6 Å². The summed E-state index contributed by atoms with van der Waals surface area (Å²) in [5.74, 6) is 1.68. The third-order valence-electron chi connectivity index (χ3n) is 5.16. The molecule has 0 unspecified atom stereocenters. The monoisotopic (exact) mass is 417 g/mol. The van der Waals surface area contributed by atoms with E-state index in [2.05, 4.69) is 25.2 Å². The summed E-state index contributed by atoms with van der Waals surface area (Å²) in [7, 11) is 1.69. The highest BCUT2D eigenvalue weighted by molar-refractivity contribution is 6.32. The zero-order valence-corrected chi connectivity index (χ0v) is 19.4. The molecule has 0 aliphatic rings. The van der Waals surface area contributed by atoms with Gasteiger partial charge in [0.1, 0.15) is 11.5 Å². The van der Waals surface area contributed by atoms with Crippen molar-refractivity contribution in [3.8, 4) is 11.5 Å². The predicted octanol–water partition coefficient (Wildman–Crippen LogP) is 6.04. The Bertz CT molecular complexity index is 869. The van der Waals surface area contributed by atoms with Gasteiger partial charge in [-0.05, 0) is 92.6 Å². The van der Waals surface area contributed by atoms with Crippen LogP contribution in [0.1, 0.15) is 67.5 Å². The zero-order valence-electron chi connectivity index (χ0n) is 18.6. The maximum Gasteiger partial charge on any atom is 0.261 e. The van der Waals surface area contributed by atoms with E-state index < -0.39 is 6.10 Å². The number of carbonyl (C=O) groups excluding carboxylic acids is 1. The normalized spacial score (nSPS) is 13.2. The molecule has 5 heteroatoms. The van der Waals surface area contributed by atoms with E-state index in [1.54, 1.807) is 14.0 Å². The van der Waals surface area contributed by atoms with Gasteiger partial charge in [-0.25, -0.2) is 0 Å². The molecule has 158 valence electrons. The van der Waals surface area contributed by atoms with Crippen LogP contribution in [0.2, 0.25) is 5.02 Å². The van der Waals surface area contributed by atoms with Gasteiger partial charge in [0.05, 0.1) is 13.2 Å². The Labute approximate surface area is 179 Å². The summed E-state index contributed by atoms with van der Waals surface area (Å²) in [6.45, 7) is 13.9. The van der Waals surface area contributed by atoms with Crippen LogP contribution in [0.25, 0.3) is 0 Å². The molecule has 0 bridgehead atoms. The van der Waals surface area contributed by atoms with Crippen molar-refractivity contribution in [2.75, 3.05) is 7.11 Å². The second-order valence-corrected chi connectivity index (χ2v) is 8.34. The molecule has 0 radical (unpaired) electrons. The van der Waals surface area contributed by atoms with Crippen molar-refractivity contribution in [1.82, 2.24) is 5.32 Å². The molecule has 2 rings (SSSR count). The second-order valence-electron chi connectivity index (χ2n) is 7.97. The third kappa shape index (κ3) is 5.45. The van der Waals surface area contributed by atoms with Gasteiger partial charge in [-0.15, -0.1) is 0 Å². The van der Waals surface area contributed by atoms with Gasteiger partial charge in [0.25, 0.3) is 5.91 Å². The van der Waals surface area contributed by atoms with Gasteiger partial charge in [-0.3, -0.25) is 4.79 Å². The van der Waals surface area contributed by atoms with Crippen LogP contribution in [0, 0.1) is 20.8 Å². The highest BCUT2D eigenvalue weighted by Gasteiger charge is 2.21. The fourth-order valence-corrected chi connectivity index (χ4v) is 3.56. The Morgan fingerprint density at radius 1 is 0.931 bits per heavy atom. The fraction of sp³-hybridized carbons (Fsp3) is 0.458. The van der Waals surface area contributed by atoms with E-state index in [0.717, 1.165) is 38.6 Å². The van der Waals surface area contributed by atoms with E-state index in [-0.39, 0.29) is 11.9 Å². The van der Waals surface area contributed by atoms with E-state index in [4.69, 9.17) is 21.1 Å². The molecule has 0 aromatic heterocycles. The number of methoxy groups -OCH3 is 1. The number of hydrogen-bond donors (Lipinski definition) is 1. The Kier molecular flexibility index (Phi) is 7.59. The number of ether oxygens (including phenoxy) is 2. The van der Waals surface area contributed by atoms with E-state index in [1.807, 2.05) is 45.9 Å². The van der Waals surface area contributed by atoms with Crippen molar-refractivity contribution in [2.45, 2.75) is 66.5 Å². The van der Waals surface area contributed by atoms with Gasteiger partial charge in [-0.1, -0.05) is 25.4 Å². The molecule has 2 atom stereocenters. The molecular weight excluding hydrogens is 386 g/mol. The van der Waals surface area contributed by atoms with Crippen molar-refractivity contribution in [3.63, 3.8) is 0 Å². The topological polar surface area (TPSA) is 47.6 Å². The molecule has 0 aliphatic carbocycles. The van der Waals surface area contributed by atoms with Crippen molar-refractivity contribution in [2.24, 2.45) is 0 Å². The van der Waals surface area contributed by atoms with Crippen LogP contribution in [0.5, 0.6) is 11.5 Å². The fourth-order valence-electron chi connectivity index (χ4n) is 3.45. The SMILES string of the molecule is COc1cc(C)c([C@@H](C)NC(=O)[C@@H](C)Oc2cc(C)c(Cl)c(C)c2)cc1C(C)C. The molecule has 0 saturated heterocycles. The number of hydrogen-bond acceptors (Lipinski definition) is 3. The minimum Gasteiger partial charge on any atom is -0.496 e. The molecule has 29 heavy (non-hydrogen) atoms. The molecule has 0 fully saturated rings. The molecule has 2 aromatic rings. The summed E-state index contributed by atoms with van der Waals surface area (Å²) in [6.07, 6.45) is -0.624. The van der Waals surface area contributed by atoms with Crippen LogP contribution in [0.3, 0.4) is 0 Å². The van der Waals surface area contributed by atoms with E-state index in [1.165, 1.54) is 0 Å². The molecule has 4 nitrogen and oxygen atoms in total. The Morgan fingerprint density at radius 2 is 1.52 bits per heavy atom. The highest BCUT2D eigenvalue weighted by atomic mass is 35.5. The van der Waals surface area contributed by atoms with Crippen molar-refractivity contribution >= 4 is 17.5 Å². The number of rotatable bonds is 7. The average Bonchev–Trinajstić information content (AvgIpc) is 2.65. The van der Waals surface area contributed by atoms with Gasteiger partial charge >= 0.3 is 0 Å². The van der Waals surface area contributed by atoms with Gasteiger partial charge < -0.3 is 14.8 Å². The van der Waals surface area contributed by atoms with Crippen molar-refractivity contribution in [3.05, 3.63) is 57.1 Å². The number of carbonyl (C=O) groups is 1. The number of aryl methyl sites for hydroxylation is 3. The molecule has 0 saturated carbocycles. The molecule has 1 amide bonds. The first-order valence-corrected chi connectivity index (χ1v) is 10.3. The van der Waals surface area contributed by atoms with Crippen molar-refractivity contribution in [1.29, 1.82) is 0 Å². The maximum atomic E-state index is 12.7. The van der Waals surface area contributed by atoms with Crippen LogP contribution in [-0.2, 0) is 4.79 Å². The Hall–Kier alpha value is -2.20. The van der Waals surface area contributed by atoms with Gasteiger partial charge in [0.15, 0.2) is 6.10 Å². The van der Waals surface area contributed by atoms with E-state index in [9.17, 15) is 4.79 Å². The van der Waals surface area contributed by atoms with Gasteiger partial charge in [0, 0.05) is 5.02 Å². The number of benzene rings is 2. The minimum absolute atomic E-state index is 0.148. The number of halogens is 1. The molecular formula is C24H32ClNO3. The molecule has 1 N–H and O–H groups in total. The summed E-state index contributed by atoms with van der Waals surface area (Å²) in [4.78, 5) is 12.7. The summed E-state index contributed by atoms with van der Waals surface area (Å²) in [6, 6.07) is 7.72. The lowest BCUT2D eigenvalue weighted by atomic mass is 9.93. The largest absolute Gasteiger partial charge is 0.496 e. The van der Waals surface area contributed by atoms with Crippen LogP contribution in [0.15, 0.2) is 24.3 Å². The molecule has 2 aromatic carbocycles. The lowest BCUT2D eigenvalue weighted by molar-refractivity contribution is -0.127. The van der Waals surface area contributed by atoms with Crippen molar-refractivity contribution < 1.29 is 14.3 Å². The summed E-state index contributed by atoms with van der Waals surface area (Å²) in [5.41, 5.74) is 5.14. The van der Waals surface area contributed by atoms with Gasteiger partial charge in [0.2, 0.25) is 0 Å². The first-order chi connectivity index (χ1) is 13.5. The second kappa shape index (κ2) is 9.53. The standard InChI is InChI=1S/C24H32ClNO3/c1-13(2)20-12-21(14(3)11-22(20)28-8)17(6)26-24(27)18(7)29-19-9-15(4)23(25)16(5)10-19/h9-13,17-18H,1-8H3,(H,26,27)/t17-,18-/m1/s1.